The van der Waals surface area contributed by atoms with Crippen LogP contribution in [-0.4, -0.2) is 28.5 Å². The lowest BCUT2D eigenvalue weighted by Gasteiger charge is -2.32. The quantitative estimate of drug-likeness (QED) is 0.831. The summed E-state index contributed by atoms with van der Waals surface area (Å²) in [4.78, 5) is 13.3. The number of rotatable bonds is 1. The van der Waals surface area contributed by atoms with E-state index in [2.05, 4.69) is 40.8 Å². The summed E-state index contributed by atoms with van der Waals surface area (Å²) >= 11 is 0. The third-order valence-corrected chi connectivity index (χ3v) is 4.09. The van der Waals surface area contributed by atoms with Crippen molar-refractivity contribution in [1.82, 2.24) is 9.47 Å². The van der Waals surface area contributed by atoms with Crippen molar-refractivity contribution in [3.05, 3.63) is 30.5 Å². The Bertz CT molecular complexity index is 609. The smallest absolute Gasteiger partial charge is 0.219 e. The molecule has 1 amide bonds. The van der Waals surface area contributed by atoms with Gasteiger partial charge in [0.05, 0.1) is 0 Å². The van der Waals surface area contributed by atoms with E-state index < -0.39 is 0 Å². The average molecular weight is 258 g/mol. The van der Waals surface area contributed by atoms with E-state index in [-0.39, 0.29) is 5.91 Å². The molecule has 2 heterocycles. The topological polar surface area (TPSA) is 52.9 Å². The number of aromatic nitrogens is 1. The molecule has 2 aromatic rings. The van der Waals surface area contributed by atoms with Crippen LogP contribution in [0.5, 0.6) is 0 Å². The van der Waals surface area contributed by atoms with Crippen molar-refractivity contribution in [2.24, 2.45) is 0 Å². The van der Waals surface area contributed by atoms with E-state index in [9.17, 15) is 4.79 Å². The molecule has 1 aromatic carbocycles. The fourth-order valence-electron chi connectivity index (χ4n) is 2.99. The normalized spacial score (nSPS) is 17.1. The Morgan fingerprint density at radius 1 is 1.26 bits per heavy atom. The van der Waals surface area contributed by atoms with E-state index in [1.54, 1.807) is 6.92 Å². The van der Waals surface area contributed by atoms with Crippen molar-refractivity contribution in [3.8, 4) is 0 Å². The first kappa shape index (κ1) is 12.2. The molecule has 19 heavy (non-hydrogen) atoms. The van der Waals surface area contributed by atoms with Gasteiger partial charge in [-0.25, -0.2) is 0 Å². The predicted octanol–water partition coefficient (Wildman–Crippen LogP) is 1.70. The zero-order chi connectivity index (χ0) is 13.4. The molecule has 1 saturated heterocycles. The molecule has 4 heteroatoms. The van der Waals surface area contributed by atoms with Crippen LogP contribution >= 0.6 is 0 Å². The standard InChI is InChI=1S/C15H19N3O/c1-11(19)17-7-5-14(6-8-17)18-9-4-12-10-13(16)2-3-15(12)18/h2-4,9-10,14H,5-8,16H2,1H3/p+1. The molecule has 3 rings (SSSR count). The van der Waals surface area contributed by atoms with E-state index >= 15 is 0 Å². The molecule has 4 nitrogen and oxygen atoms in total. The third-order valence-electron chi connectivity index (χ3n) is 4.09. The monoisotopic (exact) mass is 258 g/mol. The van der Waals surface area contributed by atoms with Crippen molar-refractivity contribution in [2.75, 3.05) is 13.1 Å². The maximum absolute atomic E-state index is 11.4. The number of amides is 1. The molecule has 0 aliphatic carbocycles. The molecule has 1 aromatic heterocycles. The van der Waals surface area contributed by atoms with Crippen LogP contribution in [0.25, 0.3) is 10.9 Å². The van der Waals surface area contributed by atoms with Gasteiger partial charge >= 0.3 is 0 Å². The minimum atomic E-state index is 0.192. The molecule has 0 spiro atoms. The first-order chi connectivity index (χ1) is 9.15. The lowest BCUT2D eigenvalue weighted by atomic mass is 10.0. The molecule has 0 unspecified atom stereocenters. The van der Waals surface area contributed by atoms with Crippen LogP contribution < -0.4 is 5.73 Å². The molecule has 0 radical (unpaired) electrons. The van der Waals surface area contributed by atoms with E-state index in [0.717, 1.165) is 31.6 Å². The highest BCUT2D eigenvalue weighted by Gasteiger charge is 2.22. The molecule has 3 N–H and O–H groups in total. The highest BCUT2D eigenvalue weighted by Crippen LogP contribution is 2.28. The van der Waals surface area contributed by atoms with E-state index in [1.807, 2.05) is 4.90 Å². The van der Waals surface area contributed by atoms with Crippen LogP contribution in [0.2, 0.25) is 0 Å². The Labute approximate surface area is 112 Å². The van der Waals surface area contributed by atoms with Gasteiger partial charge in [0, 0.05) is 55.3 Å². The summed E-state index contributed by atoms with van der Waals surface area (Å²) in [6, 6.07) is 8.99. The van der Waals surface area contributed by atoms with Gasteiger partial charge in [-0.3, -0.25) is 4.79 Å². The minimum absolute atomic E-state index is 0.192. The maximum atomic E-state index is 11.4. The van der Waals surface area contributed by atoms with Gasteiger partial charge in [0.1, 0.15) is 5.69 Å². The van der Waals surface area contributed by atoms with Gasteiger partial charge in [-0.1, -0.05) is 0 Å². The molecular weight excluding hydrogens is 238 g/mol. The van der Waals surface area contributed by atoms with Gasteiger partial charge in [-0.15, -0.1) is 0 Å². The summed E-state index contributed by atoms with van der Waals surface area (Å²) in [7, 11) is 0. The van der Waals surface area contributed by atoms with Crippen molar-refractivity contribution in [3.63, 3.8) is 0 Å². The Hall–Kier alpha value is -1.81. The zero-order valence-corrected chi connectivity index (χ0v) is 11.3. The molecule has 1 fully saturated rings. The number of hydrogen-bond donors (Lipinski definition) is 1. The second-order valence-corrected chi connectivity index (χ2v) is 5.35. The number of piperidine rings is 1. The lowest BCUT2D eigenvalue weighted by Crippen LogP contribution is -2.39. The Morgan fingerprint density at radius 2 is 2.00 bits per heavy atom. The number of fused-ring (bicyclic) bond motifs is 1. The second-order valence-electron chi connectivity index (χ2n) is 5.35. The zero-order valence-electron chi connectivity index (χ0n) is 11.3. The summed E-state index contributed by atoms with van der Waals surface area (Å²) in [5, 5.41) is 1.25. The molecule has 0 saturated carbocycles. The largest absolute Gasteiger partial charge is 0.344 e. The molecule has 0 atom stereocenters. The molecule has 1 aliphatic heterocycles. The molecule has 1 aliphatic rings. The van der Waals surface area contributed by atoms with Crippen molar-refractivity contribution in [2.45, 2.75) is 25.8 Å². The van der Waals surface area contributed by atoms with Gasteiger partial charge in [0.25, 0.3) is 0 Å². The highest BCUT2D eigenvalue weighted by molar-refractivity contribution is 5.82. The van der Waals surface area contributed by atoms with Crippen LogP contribution in [-0.2, 0) is 4.79 Å². The number of hydrogen-bond acceptors (Lipinski definition) is 1. The van der Waals surface area contributed by atoms with Gasteiger partial charge < -0.3 is 15.2 Å². The van der Waals surface area contributed by atoms with Gasteiger partial charge in [0.2, 0.25) is 5.91 Å². The number of likely N-dealkylation sites (tertiary alicyclic amines) is 1. The number of carbonyl (C=O) groups excluding carboxylic acids is 1. The summed E-state index contributed by atoms with van der Waals surface area (Å²) in [6.45, 7) is 3.39. The Kier molecular flexibility index (Phi) is 3.03. The third kappa shape index (κ3) is 2.24. The van der Waals surface area contributed by atoms with Crippen LogP contribution in [0.15, 0.2) is 30.5 Å². The lowest BCUT2D eigenvalue weighted by molar-refractivity contribution is -0.254. The van der Waals surface area contributed by atoms with Gasteiger partial charge in [-0.05, 0) is 25.0 Å². The number of carbonyl (C=O) groups is 1. The summed E-state index contributed by atoms with van der Waals surface area (Å²) in [6.07, 6.45) is 4.24. The van der Waals surface area contributed by atoms with Crippen LogP contribution in [0.4, 0.5) is 5.69 Å². The van der Waals surface area contributed by atoms with Crippen molar-refractivity contribution >= 4 is 22.5 Å². The van der Waals surface area contributed by atoms with Crippen LogP contribution in [0, 0.1) is 0 Å². The second kappa shape index (κ2) is 4.70. The number of benzene rings is 1. The van der Waals surface area contributed by atoms with Crippen molar-refractivity contribution in [1.29, 1.82) is 0 Å². The number of quaternary nitrogens is 1. The summed E-state index contributed by atoms with van der Waals surface area (Å²) in [5.41, 5.74) is 6.29. The molecule has 100 valence electrons. The fourth-order valence-corrected chi connectivity index (χ4v) is 2.99. The molecule has 0 bridgehead atoms. The highest BCUT2D eigenvalue weighted by atomic mass is 16.2. The van der Waals surface area contributed by atoms with Crippen LogP contribution in [0.1, 0.15) is 25.8 Å². The number of nitrogens with zero attached hydrogens (tertiary/aromatic N) is 2. The van der Waals surface area contributed by atoms with Gasteiger partial charge in [-0.2, -0.15) is 0 Å². The SMILES string of the molecule is CC(=O)N1CCC(n2ccc3cc([NH3+])ccc32)CC1. The average Bonchev–Trinajstić information content (AvgIpc) is 2.81. The summed E-state index contributed by atoms with van der Waals surface area (Å²) < 4.78 is 2.35. The predicted molar refractivity (Wildman–Crippen MR) is 75.0 cm³/mol. The Balaban J connectivity index is 1.84. The molecular formula is C15H20N3O+. The van der Waals surface area contributed by atoms with Crippen molar-refractivity contribution < 1.29 is 10.5 Å². The van der Waals surface area contributed by atoms with E-state index in [0.29, 0.717) is 6.04 Å². The van der Waals surface area contributed by atoms with Crippen LogP contribution in [0.3, 0.4) is 0 Å². The minimum Gasteiger partial charge on any atom is -0.344 e. The van der Waals surface area contributed by atoms with E-state index in [4.69, 9.17) is 0 Å². The first-order valence-corrected chi connectivity index (χ1v) is 6.83. The maximum Gasteiger partial charge on any atom is 0.219 e. The summed E-state index contributed by atoms with van der Waals surface area (Å²) in [5.74, 6) is 0.192. The fraction of sp³-hybridized carbons (Fsp3) is 0.400. The Morgan fingerprint density at radius 3 is 2.68 bits per heavy atom. The van der Waals surface area contributed by atoms with E-state index in [1.165, 1.54) is 10.9 Å². The van der Waals surface area contributed by atoms with Gasteiger partial charge in [0.15, 0.2) is 0 Å². The first-order valence-electron chi connectivity index (χ1n) is 6.83.